The van der Waals surface area contributed by atoms with Gasteiger partial charge in [-0.15, -0.1) is 0 Å². The van der Waals surface area contributed by atoms with Crippen LogP contribution in [0.3, 0.4) is 0 Å². The summed E-state index contributed by atoms with van der Waals surface area (Å²) in [5.41, 5.74) is 4.28. The maximum Gasteiger partial charge on any atom is 0.305 e. The molecule has 0 saturated heterocycles. The molecule has 3 aromatic carbocycles. The molecular formula is C24H24NO4S-. The van der Waals surface area contributed by atoms with E-state index in [1.807, 2.05) is 24.3 Å². The number of benzene rings is 3. The van der Waals surface area contributed by atoms with Gasteiger partial charge in [0.2, 0.25) is 0 Å². The molecular weight excluding hydrogens is 398 g/mol. The van der Waals surface area contributed by atoms with Crippen LogP contribution >= 0.6 is 0 Å². The SMILES string of the molecule is CC(C)c1ccc(-c2ccc(N(C(CC(=O)O)c3ccccc3)S(=O)[O-])cc2)cc1. The van der Waals surface area contributed by atoms with Gasteiger partial charge in [0.05, 0.1) is 12.5 Å². The number of rotatable bonds is 8. The quantitative estimate of drug-likeness (QED) is 0.500. The number of carboxylic acid groups (broad SMARTS) is 1. The lowest BCUT2D eigenvalue weighted by atomic mass is 9.98. The molecule has 3 aromatic rings. The lowest BCUT2D eigenvalue weighted by molar-refractivity contribution is -0.137. The Morgan fingerprint density at radius 1 is 0.900 bits per heavy atom. The van der Waals surface area contributed by atoms with Crippen LogP contribution in [0, 0.1) is 0 Å². The van der Waals surface area contributed by atoms with Gasteiger partial charge in [0.15, 0.2) is 0 Å². The Kier molecular flexibility index (Phi) is 7.03. The Hall–Kier alpha value is -2.96. The normalized spacial score (nSPS) is 13.1. The average molecular weight is 423 g/mol. The van der Waals surface area contributed by atoms with Crippen LogP contribution in [0.15, 0.2) is 78.9 Å². The predicted molar refractivity (Wildman–Crippen MR) is 119 cm³/mol. The molecule has 30 heavy (non-hydrogen) atoms. The smallest absolute Gasteiger partial charge is 0.305 e. The first-order valence-corrected chi connectivity index (χ1v) is 10.8. The highest BCUT2D eigenvalue weighted by Crippen LogP contribution is 2.33. The minimum absolute atomic E-state index is 0.337. The lowest BCUT2D eigenvalue weighted by Gasteiger charge is -2.34. The summed E-state index contributed by atoms with van der Waals surface area (Å²) in [5.74, 6) is -0.618. The number of hydrogen-bond donors (Lipinski definition) is 1. The fourth-order valence-electron chi connectivity index (χ4n) is 3.41. The zero-order valence-electron chi connectivity index (χ0n) is 16.9. The Morgan fingerprint density at radius 3 is 1.90 bits per heavy atom. The molecule has 0 aliphatic heterocycles. The predicted octanol–water partition coefficient (Wildman–Crippen LogP) is 5.29. The molecule has 5 nitrogen and oxygen atoms in total. The van der Waals surface area contributed by atoms with Crippen LogP contribution in [0.4, 0.5) is 5.69 Å². The van der Waals surface area contributed by atoms with E-state index in [1.54, 1.807) is 42.5 Å². The highest BCUT2D eigenvalue weighted by molar-refractivity contribution is 7.80. The van der Waals surface area contributed by atoms with Crippen LogP contribution in [-0.4, -0.2) is 19.8 Å². The Morgan fingerprint density at radius 2 is 1.43 bits per heavy atom. The first kappa shape index (κ1) is 21.7. The summed E-state index contributed by atoms with van der Waals surface area (Å²) in [6, 6.07) is 23.4. The second kappa shape index (κ2) is 9.69. The van der Waals surface area contributed by atoms with Crippen molar-refractivity contribution in [2.24, 2.45) is 0 Å². The molecule has 2 atom stereocenters. The molecule has 0 aliphatic rings. The van der Waals surface area contributed by atoms with Crippen molar-refractivity contribution in [3.05, 3.63) is 90.0 Å². The van der Waals surface area contributed by atoms with E-state index < -0.39 is 23.3 Å². The molecule has 0 spiro atoms. The van der Waals surface area contributed by atoms with E-state index in [4.69, 9.17) is 0 Å². The van der Waals surface area contributed by atoms with Gasteiger partial charge in [-0.05, 0) is 40.3 Å². The van der Waals surface area contributed by atoms with E-state index in [-0.39, 0.29) is 6.42 Å². The molecule has 6 heteroatoms. The van der Waals surface area contributed by atoms with Gasteiger partial charge in [0, 0.05) is 17.0 Å². The fourth-order valence-corrected chi connectivity index (χ4v) is 4.11. The number of nitrogens with zero attached hydrogens (tertiary/aromatic N) is 1. The van der Waals surface area contributed by atoms with Crippen molar-refractivity contribution >= 4 is 22.9 Å². The summed E-state index contributed by atoms with van der Waals surface area (Å²) in [4.78, 5) is 11.4. The molecule has 0 bridgehead atoms. The Balaban J connectivity index is 1.93. The van der Waals surface area contributed by atoms with Crippen molar-refractivity contribution < 1.29 is 18.7 Å². The summed E-state index contributed by atoms with van der Waals surface area (Å²) >= 11 is -2.64. The van der Waals surface area contributed by atoms with E-state index in [1.165, 1.54) is 5.56 Å². The summed E-state index contributed by atoms with van der Waals surface area (Å²) in [6.07, 6.45) is -0.337. The van der Waals surface area contributed by atoms with Gasteiger partial charge < -0.3 is 9.66 Å². The standard InChI is InChI=1S/C24H25NO4S/c1-17(2)18-8-10-19(11-9-18)20-12-14-22(15-13-20)25(30(28)29)23(16-24(26)27)21-6-4-3-5-7-21/h3-15,17,23H,16H2,1-2H3,(H,26,27)(H,28,29)/p-1. The van der Waals surface area contributed by atoms with Gasteiger partial charge in [-0.1, -0.05) is 80.6 Å². The van der Waals surface area contributed by atoms with E-state index in [9.17, 15) is 18.7 Å². The van der Waals surface area contributed by atoms with Gasteiger partial charge in [-0.3, -0.25) is 13.3 Å². The topological polar surface area (TPSA) is 80.7 Å². The summed E-state index contributed by atoms with van der Waals surface area (Å²) in [6.45, 7) is 4.28. The monoisotopic (exact) mass is 422 g/mol. The lowest BCUT2D eigenvalue weighted by Crippen LogP contribution is -2.32. The largest absolute Gasteiger partial charge is 0.755 e. The third-order valence-corrected chi connectivity index (χ3v) is 5.81. The first-order chi connectivity index (χ1) is 14.4. The Labute approximate surface area is 179 Å². The fraction of sp³-hybridized carbons (Fsp3) is 0.208. The van der Waals surface area contributed by atoms with Crippen molar-refractivity contribution in [1.29, 1.82) is 0 Å². The van der Waals surface area contributed by atoms with Crippen molar-refractivity contribution in [2.45, 2.75) is 32.2 Å². The van der Waals surface area contributed by atoms with Gasteiger partial charge >= 0.3 is 5.97 Å². The van der Waals surface area contributed by atoms with E-state index in [0.29, 0.717) is 17.2 Å². The van der Waals surface area contributed by atoms with Crippen molar-refractivity contribution in [3.8, 4) is 11.1 Å². The molecule has 2 unspecified atom stereocenters. The van der Waals surface area contributed by atoms with Crippen LogP contribution in [-0.2, 0) is 16.1 Å². The summed E-state index contributed by atoms with van der Waals surface area (Å²) < 4.78 is 25.3. The highest BCUT2D eigenvalue weighted by atomic mass is 32.2. The second-order valence-electron chi connectivity index (χ2n) is 7.39. The minimum atomic E-state index is -2.64. The third kappa shape index (κ3) is 5.14. The highest BCUT2D eigenvalue weighted by Gasteiger charge is 2.25. The van der Waals surface area contributed by atoms with Gasteiger partial charge in [-0.25, -0.2) is 0 Å². The van der Waals surface area contributed by atoms with Crippen LogP contribution in [0.1, 0.15) is 43.4 Å². The molecule has 3 rings (SSSR count). The number of anilines is 1. The maximum absolute atomic E-state index is 12.1. The third-order valence-electron chi connectivity index (χ3n) is 5.03. The Bertz CT molecular complexity index is 1000. The van der Waals surface area contributed by atoms with Crippen molar-refractivity contribution in [3.63, 3.8) is 0 Å². The number of aliphatic carboxylic acids is 1. The maximum atomic E-state index is 12.1. The zero-order valence-corrected chi connectivity index (χ0v) is 17.7. The number of carbonyl (C=O) groups is 1. The minimum Gasteiger partial charge on any atom is -0.755 e. The van der Waals surface area contributed by atoms with Crippen LogP contribution in [0.2, 0.25) is 0 Å². The zero-order chi connectivity index (χ0) is 21.7. The molecule has 0 fully saturated rings. The molecule has 0 radical (unpaired) electrons. The molecule has 0 aliphatic carbocycles. The summed E-state index contributed by atoms with van der Waals surface area (Å²) in [5, 5.41) is 9.35. The molecule has 0 amide bonds. The van der Waals surface area contributed by atoms with Crippen LogP contribution in [0.5, 0.6) is 0 Å². The van der Waals surface area contributed by atoms with Gasteiger partial charge in [0.1, 0.15) is 0 Å². The average Bonchev–Trinajstić information content (AvgIpc) is 2.74. The molecule has 0 aromatic heterocycles. The van der Waals surface area contributed by atoms with E-state index >= 15 is 0 Å². The molecule has 156 valence electrons. The van der Waals surface area contributed by atoms with Crippen molar-refractivity contribution in [1.82, 2.24) is 0 Å². The number of hydrogen-bond acceptors (Lipinski definition) is 3. The van der Waals surface area contributed by atoms with E-state index in [2.05, 4.69) is 26.0 Å². The number of carboxylic acids is 1. The van der Waals surface area contributed by atoms with E-state index in [0.717, 1.165) is 15.4 Å². The van der Waals surface area contributed by atoms with Crippen LogP contribution in [0.25, 0.3) is 11.1 Å². The summed E-state index contributed by atoms with van der Waals surface area (Å²) in [7, 11) is 0. The van der Waals surface area contributed by atoms with Crippen LogP contribution < -0.4 is 4.31 Å². The van der Waals surface area contributed by atoms with Gasteiger partial charge in [-0.2, -0.15) is 0 Å². The second-order valence-corrected chi connectivity index (χ2v) is 8.22. The molecule has 1 N–H and O–H groups in total. The van der Waals surface area contributed by atoms with Gasteiger partial charge in [0.25, 0.3) is 0 Å². The first-order valence-electron chi connectivity index (χ1n) is 9.72. The molecule has 0 saturated carbocycles. The van der Waals surface area contributed by atoms with Crippen molar-refractivity contribution in [2.75, 3.05) is 4.31 Å². The molecule has 0 heterocycles.